The van der Waals surface area contributed by atoms with Gasteiger partial charge in [-0.05, 0) is 72.9 Å². The first-order chi connectivity index (χ1) is 18.0. The van der Waals surface area contributed by atoms with Crippen LogP contribution in [0.1, 0.15) is 36.9 Å². The van der Waals surface area contributed by atoms with Crippen LogP contribution in [0.25, 0.3) is 11.3 Å². The Morgan fingerprint density at radius 2 is 1.97 bits per heavy atom. The summed E-state index contributed by atoms with van der Waals surface area (Å²) in [5.74, 6) is 1.36. The van der Waals surface area contributed by atoms with Crippen LogP contribution in [0, 0.1) is 5.82 Å². The number of hydrogen-bond donors (Lipinski definition) is 2. The molecule has 4 aromatic rings. The maximum atomic E-state index is 13.5. The Hall–Kier alpha value is -4.24. The van der Waals surface area contributed by atoms with Gasteiger partial charge in [0, 0.05) is 29.9 Å². The molecule has 188 valence electrons. The Morgan fingerprint density at radius 1 is 1.16 bits per heavy atom. The molecule has 2 N–H and O–H groups in total. The number of nitrogens with one attached hydrogen (secondary N) is 2. The second-order valence-electron chi connectivity index (χ2n) is 8.49. The topological polar surface area (TPSA) is 79.6 Å². The molecule has 1 aliphatic rings. The van der Waals surface area contributed by atoms with Crippen molar-refractivity contribution in [3.05, 3.63) is 96.3 Å². The van der Waals surface area contributed by atoms with Gasteiger partial charge < -0.3 is 24.7 Å². The lowest BCUT2D eigenvalue weighted by atomic mass is 10.0. The molecule has 0 spiro atoms. The summed E-state index contributed by atoms with van der Waals surface area (Å²) in [4.78, 5) is 18.5. The Bertz CT molecular complexity index is 1430. The van der Waals surface area contributed by atoms with Gasteiger partial charge in [0.15, 0.2) is 5.11 Å². The van der Waals surface area contributed by atoms with Gasteiger partial charge in [-0.3, -0.25) is 9.78 Å². The number of carbonyl (C=O) groups is 1. The van der Waals surface area contributed by atoms with Crippen LogP contribution in [0.3, 0.4) is 0 Å². The average molecular weight is 517 g/mol. The van der Waals surface area contributed by atoms with E-state index in [-0.39, 0.29) is 23.8 Å². The number of methoxy groups -OCH3 is 1. The number of hydrogen-bond acceptors (Lipinski definition) is 5. The van der Waals surface area contributed by atoms with Gasteiger partial charge in [0.25, 0.3) is 0 Å². The highest BCUT2D eigenvalue weighted by molar-refractivity contribution is 7.80. The van der Waals surface area contributed by atoms with Gasteiger partial charge in [-0.1, -0.05) is 13.0 Å². The van der Waals surface area contributed by atoms with Gasteiger partial charge in [-0.2, -0.15) is 0 Å². The first-order valence-electron chi connectivity index (χ1n) is 11.8. The van der Waals surface area contributed by atoms with Crippen molar-refractivity contribution in [2.45, 2.75) is 25.4 Å². The number of thiocarbonyl (C=S) groups is 1. The third kappa shape index (κ3) is 4.90. The standard InChI is InChI=1S/C28H25FN4O3S/c1-3-25(34)31-20-12-11-19(16-24(20)35-2)33-27(26(32-28(33)37)21-6-4-5-15-30-21)23-14-13-22(36-23)17-7-9-18(29)10-8-17/h4-16,26-27H,3H2,1-2H3,(H,31,34)(H,32,37). The summed E-state index contributed by atoms with van der Waals surface area (Å²) < 4.78 is 25.3. The van der Waals surface area contributed by atoms with E-state index in [1.54, 1.807) is 38.4 Å². The highest BCUT2D eigenvalue weighted by Crippen LogP contribution is 2.44. The van der Waals surface area contributed by atoms with E-state index in [1.807, 2.05) is 47.4 Å². The van der Waals surface area contributed by atoms with E-state index < -0.39 is 0 Å². The normalized spacial score (nSPS) is 16.9. The van der Waals surface area contributed by atoms with E-state index in [1.165, 1.54) is 12.1 Å². The number of pyridine rings is 1. The molecule has 2 unspecified atom stereocenters. The van der Waals surface area contributed by atoms with Gasteiger partial charge in [-0.15, -0.1) is 0 Å². The van der Waals surface area contributed by atoms with Crippen molar-refractivity contribution < 1.29 is 18.3 Å². The Labute approximate surface area is 219 Å². The molecule has 5 rings (SSSR count). The van der Waals surface area contributed by atoms with Gasteiger partial charge in [0.1, 0.15) is 29.1 Å². The van der Waals surface area contributed by atoms with Crippen LogP contribution >= 0.6 is 12.2 Å². The molecule has 2 atom stereocenters. The number of rotatable bonds is 7. The van der Waals surface area contributed by atoms with Crippen LogP contribution < -0.4 is 20.3 Å². The minimum atomic E-state index is -0.377. The minimum absolute atomic E-state index is 0.110. The number of amides is 1. The molecule has 3 heterocycles. The first-order valence-corrected chi connectivity index (χ1v) is 12.2. The van der Waals surface area contributed by atoms with Crippen molar-refractivity contribution in [1.29, 1.82) is 0 Å². The molecule has 37 heavy (non-hydrogen) atoms. The molecular formula is C28H25FN4O3S. The largest absolute Gasteiger partial charge is 0.494 e. The molecule has 1 aliphatic heterocycles. The average Bonchev–Trinajstić information content (AvgIpc) is 3.54. The zero-order valence-electron chi connectivity index (χ0n) is 20.3. The smallest absolute Gasteiger partial charge is 0.224 e. The van der Waals surface area contributed by atoms with E-state index in [2.05, 4.69) is 15.6 Å². The van der Waals surface area contributed by atoms with Crippen molar-refractivity contribution in [3.63, 3.8) is 0 Å². The number of benzene rings is 2. The van der Waals surface area contributed by atoms with E-state index >= 15 is 0 Å². The van der Waals surface area contributed by atoms with Crippen molar-refractivity contribution in [3.8, 4) is 17.1 Å². The predicted octanol–water partition coefficient (Wildman–Crippen LogP) is 6.01. The Balaban J connectivity index is 1.57. The lowest BCUT2D eigenvalue weighted by molar-refractivity contribution is -0.115. The zero-order valence-corrected chi connectivity index (χ0v) is 21.1. The fourth-order valence-corrected chi connectivity index (χ4v) is 4.72. The molecule has 1 fully saturated rings. The van der Waals surface area contributed by atoms with E-state index in [0.29, 0.717) is 34.5 Å². The summed E-state index contributed by atoms with van der Waals surface area (Å²) in [7, 11) is 1.55. The summed E-state index contributed by atoms with van der Waals surface area (Å²) in [5.41, 5.74) is 2.90. The van der Waals surface area contributed by atoms with Crippen LogP contribution in [0.2, 0.25) is 0 Å². The van der Waals surface area contributed by atoms with Gasteiger partial charge in [-0.25, -0.2) is 4.39 Å². The van der Waals surface area contributed by atoms with Gasteiger partial charge in [0.2, 0.25) is 5.91 Å². The first kappa shape index (κ1) is 24.5. The Morgan fingerprint density at radius 3 is 2.68 bits per heavy atom. The number of aromatic nitrogens is 1. The van der Waals surface area contributed by atoms with Crippen LogP contribution in [0.15, 0.2) is 83.4 Å². The summed E-state index contributed by atoms with van der Waals surface area (Å²) in [6, 6.07) is 20.5. The van der Waals surface area contributed by atoms with Crippen molar-refractivity contribution in [2.75, 3.05) is 17.3 Å². The number of carbonyl (C=O) groups excluding carboxylic acids is 1. The monoisotopic (exact) mass is 516 g/mol. The number of anilines is 2. The van der Waals surface area contributed by atoms with Crippen molar-refractivity contribution >= 4 is 34.6 Å². The highest BCUT2D eigenvalue weighted by Gasteiger charge is 2.42. The lowest BCUT2D eigenvalue weighted by Crippen LogP contribution is -2.29. The number of nitrogens with zero attached hydrogens (tertiary/aromatic N) is 2. The molecule has 9 heteroatoms. The van der Waals surface area contributed by atoms with Crippen molar-refractivity contribution in [2.24, 2.45) is 0 Å². The molecule has 0 bridgehead atoms. The predicted molar refractivity (Wildman–Crippen MR) is 144 cm³/mol. The van der Waals surface area contributed by atoms with Gasteiger partial charge in [0.05, 0.1) is 24.5 Å². The molecule has 0 radical (unpaired) electrons. The van der Waals surface area contributed by atoms with Crippen LogP contribution in [-0.4, -0.2) is 23.1 Å². The third-order valence-electron chi connectivity index (χ3n) is 6.20. The summed E-state index contributed by atoms with van der Waals surface area (Å²) >= 11 is 5.79. The molecule has 2 aromatic carbocycles. The third-order valence-corrected chi connectivity index (χ3v) is 6.52. The summed E-state index contributed by atoms with van der Waals surface area (Å²) in [6.45, 7) is 1.79. The minimum Gasteiger partial charge on any atom is -0.494 e. The molecule has 1 saturated heterocycles. The maximum Gasteiger partial charge on any atom is 0.224 e. The molecule has 0 saturated carbocycles. The van der Waals surface area contributed by atoms with E-state index in [9.17, 15) is 9.18 Å². The Kier molecular flexibility index (Phi) is 6.87. The maximum absolute atomic E-state index is 13.5. The lowest BCUT2D eigenvalue weighted by Gasteiger charge is -2.27. The number of halogens is 1. The van der Waals surface area contributed by atoms with E-state index in [4.69, 9.17) is 21.4 Å². The highest BCUT2D eigenvalue weighted by atomic mass is 32.1. The second-order valence-corrected chi connectivity index (χ2v) is 8.88. The summed E-state index contributed by atoms with van der Waals surface area (Å²) in [5, 5.41) is 6.74. The quantitative estimate of drug-likeness (QED) is 0.291. The van der Waals surface area contributed by atoms with Gasteiger partial charge >= 0.3 is 0 Å². The van der Waals surface area contributed by atoms with Crippen LogP contribution in [0.4, 0.5) is 15.8 Å². The second kappa shape index (κ2) is 10.4. The molecular weight excluding hydrogens is 491 g/mol. The molecule has 0 aliphatic carbocycles. The number of ether oxygens (including phenoxy) is 1. The van der Waals surface area contributed by atoms with E-state index in [0.717, 1.165) is 16.9 Å². The summed E-state index contributed by atoms with van der Waals surface area (Å²) in [6.07, 6.45) is 2.09. The van der Waals surface area contributed by atoms with Crippen LogP contribution in [-0.2, 0) is 4.79 Å². The fourth-order valence-electron chi connectivity index (χ4n) is 4.37. The van der Waals surface area contributed by atoms with Crippen LogP contribution in [0.5, 0.6) is 5.75 Å². The zero-order chi connectivity index (χ0) is 25.9. The molecule has 1 amide bonds. The van der Waals surface area contributed by atoms with Crippen molar-refractivity contribution in [1.82, 2.24) is 10.3 Å². The molecule has 7 nitrogen and oxygen atoms in total. The SMILES string of the molecule is CCC(=O)Nc1ccc(N2C(=S)NC(c3ccccn3)C2c2ccc(-c3ccc(F)cc3)o2)cc1OC. The molecule has 2 aromatic heterocycles. The number of furan rings is 1. The fraction of sp³-hybridized carbons (Fsp3) is 0.179.